The predicted octanol–water partition coefficient (Wildman–Crippen LogP) is 3.01. The molecule has 0 N–H and O–H groups in total. The standard InChI is InChI=1S/C14H14N2O2S2/c1-3-13-8-9-14(19-13)20(17,18)16(2)12-6-4-11(10-15)5-7-12/h4-9H,3H2,1-2H3. The van der Waals surface area contributed by atoms with E-state index in [0.717, 1.165) is 11.3 Å². The van der Waals surface area contributed by atoms with Crippen LogP contribution in [0.4, 0.5) is 5.69 Å². The molecule has 0 spiro atoms. The summed E-state index contributed by atoms with van der Waals surface area (Å²) < 4.78 is 26.5. The lowest BCUT2D eigenvalue weighted by Crippen LogP contribution is -2.25. The average molecular weight is 306 g/mol. The number of nitrogens with zero attached hydrogens (tertiary/aromatic N) is 2. The van der Waals surface area contributed by atoms with E-state index in [1.165, 1.54) is 22.7 Å². The number of anilines is 1. The first kappa shape index (κ1) is 14.6. The quantitative estimate of drug-likeness (QED) is 0.872. The maximum atomic E-state index is 12.5. The van der Waals surface area contributed by atoms with E-state index in [0.29, 0.717) is 15.5 Å². The van der Waals surface area contributed by atoms with E-state index in [1.807, 2.05) is 19.1 Å². The molecule has 0 radical (unpaired) electrons. The predicted molar refractivity (Wildman–Crippen MR) is 80.4 cm³/mol. The second kappa shape index (κ2) is 5.65. The number of aryl methyl sites for hydroxylation is 1. The lowest BCUT2D eigenvalue weighted by atomic mass is 10.2. The fourth-order valence-corrected chi connectivity index (χ4v) is 4.37. The van der Waals surface area contributed by atoms with Crippen LogP contribution in [0.15, 0.2) is 40.6 Å². The Morgan fingerprint density at radius 2 is 1.85 bits per heavy atom. The zero-order valence-corrected chi connectivity index (χ0v) is 12.8. The minimum atomic E-state index is -3.53. The molecule has 0 fully saturated rings. The van der Waals surface area contributed by atoms with Gasteiger partial charge in [-0.2, -0.15) is 5.26 Å². The van der Waals surface area contributed by atoms with Crippen molar-refractivity contribution in [2.24, 2.45) is 0 Å². The Labute approximate surface area is 123 Å². The molecule has 0 bridgehead atoms. The number of hydrogen-bond acceptors (Lipinski definition) is 4. The van der Waals surface area contributed by atoms with Gasteiger partial charge in [0.15, 0.2) is 0 Å². The minimum absolute atomic E-state index is 0.334. The van der Waals surface area contributed by atoms with Crippen LogP contribution in [0.2, 0.25) is 0 Å². The first-order valence-electron chi connectivity index (χ1n) is 6.07. The van der Waals surface area contributed by atoms with Crippen LogP contribution >= 0.6 is 11.3 Å². The van der Waals surface area contributed by atoms with Crippen LogP contribution in [0, 0.1) is 11.3 Å². The van der Waals surface area contributed by atoms with Gasteiger partial charge in [-0.1, -0.05) is 6.92 Å². The molecular formula is C14H14N2O2S2. The average Bonchev–Trinajstić information content (AvgIpc) is 2.96. The smallest absolute Gasteiger partial charge is 0.269 e. The summed E-state index contributed by atoms with van der Waals surface area (Å²) in [4.78, 5) is 1.04. The van der Waals surface area contributed by atoms with Crippen molar-refractivity contribution >= 4 is 27.0 Å². The van der Waals surface area contributed by atoms with Gasteiger partial charge in [0.1, 0.15) is 4.21 Å². The van der Waals surface area contributed by atoms with Gasteiger partial charge < -0.3 is 0 Å². The first-order chi connectivity index (χ1) is 9.48. The number of rotatable bonds is 4. The molecule has 6 heteroatoms. The summed E-state index contributed by atoms with van der Waals surface area (Å²) >= 11 is 1.29. The van der Waals surface area contributed by atoms with Crippen molar-refractivity contribution in [3.05, 3.63) is 46.8 Å². The first-order valence-corrected chi connectivity index (χ1v) is 8.32. The van der Waals surface area contributed by atoms with E-state index in [4.69, 9.17) is 5.26 Å². The largest absolute Gasteiger partial charge is 0.273 e. The lowest BCUT2D eigenvalue weighted by molar-refractivity contribution is 0.596. The number of hydrogen-bond donors (Lipinski definition) is 0. The van der Waals surface area contributed by atoms with Crippen molar-refractivity contribution in [2.45, 2.75) is 17.6 Å². The SMILES string of the molecule is CCc1ccc(S(=O)(=O)N(C)c2ccc(C#N)cc2)s1. The van der Waals surface area contributed by atoms with Gasteiger partial charge in [-0.3, -0.25) is 4.31 Å². The summed E-state index contributed by atoms with van der Waals surface area (Å²) in [7, 11) is -2.02. The van der Waals surface area contributed by atoms with Gasteiger partial charge >= 0.3 is 0 Å². The van der Waals surface area contributed by atoms with Gasteiger partial charge in [0.2, 0.25) is 0 Å². The molecule has 4 nitrogen and oxygen atoms in total. The van der Waals surface area contributed by atoms with Crippen molar-refractivity contribution in [2.75, 3.05) is 11.4 Å². The molecule has 0 saturated heterocycles. The molecule has 1 aromatic carbocycles. The summed E-state index contributed by atoms with van der Waals surface area (Å²) in [5.41, 5.74) is 1.04. The number of benzene rings is 1. The van der Waals surface area contributed by atoms with Gasteiger partial charge in [-0.25, -0.2) is 8.42 Å². The van der Waals surface area contributed by atoms with Gasteiger partial charge in [0.25, 0.3) is 10.0 Å². The molecule has 0 amide bonds. The zero-order chi connectivity index (χ0) is 14.8. The zero-order valence-electron chi connectivity index (χ0n) is 11.2. The second-order valence-corrected chi connectivity index (χ2v) is 7.57. The molecule has 0 aliphatic heterocycles. The van der Waals surface area contributed by atoms with Crippen LogP contribution in [0.3, 0.4) is 0 Å². The third kappa shape index (κ3) is 2.69. The van der Waals surface area contributed by atoms with Crippen molar-refractivity contribution in [3.8, 4) is 6.07 Å². The molecule has 1 heterocycles. The summed E-state index contributed by atoms with van der Waals surface area (Å²) in [5, 5.41) is 8.75. The molecule has 2 aromatic rings. The van der Waals surface area contributed by atoms with Gasteiger partial charge in [0, 0.05) is 11.9 Å². The van der Waals surface area contributed by atoms with Gasteiger partial charge in [-0.15, -0.1) is 11.3 Å². The molecule has 104 valence electrons. The van der Waals surface area contributed by atoms with Gasteiger partial charge in [-0.05, 0) is 42.8 Å². The van der Waals surface area contributed by atoms with Crippen LogP contribution in [0.1, 0.15) is 17.4 Å². The monoisotopic (exact) mass is 306 g/mol. The Morgan fingerprint density at radius 1 is 1.20 bits per heavy atom. The summed E-state index contributed by atoms with van der Waals surface area (Å²) in [5.74, 6) is 0. The van der Waals surface area contributed by atoms with E-state index in [-0.39, 0.29) is 0 Å². The fraction of sp³-hybridized carbons (Fsp3) is 0.214. The highest BCUT2D eigenvalue weighted by atomic mass is 32.2. The van der Waals surface area contributed by atoms with E-state index < -0.39 is 10.0 Å². The number of nitriles is 1. The summed E-state index contributed by atoms with van der Waals surface area (Å²) in [6.45, 7) is 1.99. The van der Waals surface area contributed by atoms with Crippen molar-refractivity contribution in [1.29, 1.82) is 5.26 Å². The highest BCUT2D eigenvalue weighted by molar-refractivity contribution is 7.94. The molecule has 0 saturated carbocycles. The molecule has 0 aliphatic rings. The molecule has 0 unspecified atom stereocenters. The topological polar surface area (TPSA) is 61.2 Å². The van der Waals surface area contributed by atoms with Gasteiger partial charge in [0.05, 0.1) is 17.3 Å². The number of sulfonamides is 1. The van der Waals surface area contributed by atoms with Crippen molar-refractivity contribution in [3.63, 3.8) is 0 Å². The van der Waals surface area contributed by atoms with Crippen LogP contribution in [0.5, 0.6) is 0 Å². The third-order valence-corrected chi connectivity index (χ3v) is 6.44. The maximum Gasteiger partial charge on any atom is 0.273 e. The van der Waals surface area contributed by atoms with Crippen LogP contribution in [-0.2, 0) is 16.4 Å². The fourth-order valence-electron chi connectivity index (χ4n) is 1.71. The third-order valence-electron chi connectivity index (χ3n) is 2.96. The Hall–Kier alpha value is -1.84. The molecule has 2 rings (SSSR count). The Kier molecular flexibility index (Phi) is 4.12. The van der Waals surface area contributed by atoms with Crippen molar-refractivity contribution in [1.82, 2.24) is 0 Å². The van der Waals surface area contributed by atoms with Crippen LogP contribution in [0.25, 0.3) is 0 Å². The summed E-state index contributed by atoms with van der Waals surface area (Å²) in [6.07, 6.45) is 0.820. The van der Waals surface area contributed by atoms with Crippen LogP contribution < -0.4 is 4.31 Å². The van der Waals surface area contributed by atoms with E-state index in [9.17, 15) is 8.42 Å². The molecule has 0 atom stereocenters. The van der Waals surface area contributed by atoms with Crippen LogP contribution in [-0.4, -0.2) is 15.5 Å². The Morgan fingerprint density at radius 3 is 2.35 bits per heavy atom. The molecular weight excluding hydrogens is 292 g/mol. The molecule has 0 aliphatic carbocycles. The minimum Gasteiger partial charge on any atom is -0.269 e. The van der Waals surface area contributed by atoms with Crippen molar-refractivity contribution < 1.29 is 8.42 Å². The Bertz CT molecular complexity index is 740. The second-order valence-electron chi connectivity index (χ2n) is 4.21. The Balaban J connectivity index is 2.35. The lowest BCUT2D eigenvalue weighted by Gasteiger charge is -2.18. The number of thiophene rings is 1. The molecule has 1 aromatic heterocycles. The maximum absolute atomic E-state index is 12.5. The van der Waals surface area contributed by atoms with E-state index in [1.54, 1.807) is 30.3 Å². The highest BCUT2D eigenvalue weighted by Gasteiger charge is 2.23. The van der Waals surface area contributed by atoms with E-state index >= 15 is 0 Å². The summed E-state index contributed by atoms with van der Waals surface area (Å²) in [6, 6.07) is 12.0. The van der Waals surface area contributed by atoms with E-state index in [2.05, 4.69) is 0 Å². The normalized spacial score (nSPS) is 11.1. The molecule has 20 heavy (non-hydrogen) atoms. The highest BCUT2D eigenvalue weighted by Crippen LogP contribution is 2.27.